The number of carboxylic acids is 1. The minimum Gasteiger partial charge on any atom is -0.550 e. The molecule has 0 saturated carbocycles. The monoisotopic (exact) mass is 179 g/mol. The van der Waals surface area contributed by atoms with Crippen molar-refractivity contribution >= 4 is 12.0 Å². The summed E-state index contributed by atoms with van der Waals surface area (Å²) in [4.78, 5) is 12.0. The number of hydrogen-bond acceptors (Lipinski definition) is 2. The minimum atomic E-state index is -1.08. The van der Waals surface area contributed by atoms with Gasteiger partial charge in [-0.2, -0.15) is 0 Å². The van der Waals surface area contributed by atoms with Crippen LogP contribution in [0.25, 0.3) is 6.08 Å². The number of pyridine rings is 1. The lowest BCUT2D eigenvalue weighted by molar-refractivity contribution is -0.387. The van der Waals surface area contributed by atoms with Crippen LogP contribution in [-0.2, 0) is 4.79 Å². The number of carboxylic acid groups (broad SMARTS) is 1. The fourth-order valence-corrected chi connectivity index (χ4v) is 0.642. The van der Waals surface area contributed by atoms with E-state index >= 15 is 0 Å². The third-order valence-corrected chi connectivity index (χ3v) is 1.23. The molecule has 3 heteroatoms. The molecule has 1 aromatic heterocycles. The first kappa shape index (κ1) is 11.4. The second-order valence-electron chi connectivity index (χ2n) is 2.50. The van der Waals surface area contributed by atoms with Gasteiger partial charge in [-0.25, -0.2) is 4.98 Å². The van der Waals surface area contributed by atoms with Crippen molar-refractivity contribution in [2.24, 2.45) is 0 Å². The number of nitrogens with one attached hydrogen (secondary N) is 1. The maximum atomic E-state index is 8.89. The molecular formula is C10H13NO2. The molecule has 1 heterocycles. The van der Waals surface area contributed by atoms with Crippen LogP contribution in [0.5, 0.6) is 0 Å². The van der Waals surface area contributed by atoms with Gasteiger partial charge in [0.2, 0.25) is 0 Å². The van der Waals surface area contributed by atoms with E-state index in [1.54, 1.807) is 0 Å². The smallest absolute Gasteiger partial charge is 0.176 e. The molecule has 0 aliphatic heterocycles. The third kappa shape index (κ3) is 6.75. The van der Waals surface area contributed by atoms with Gasteiger partial charge in [0.1, 0.15) is 0 Å². The average molecular weight is 179 g/mol. The molecule has 0 bridgehead atoms. The van der Waals surface area contributed by atoms with Crippen LogP contribution in [0.15, 0.2) is 24.9 Å². The maximum absolute atomic E-state index is 8.89. The van der Waals surface area contributed by atoms with Crippen LogP contribution in [0.4, 0.5) is 0 Å². The van der Waals surface area contributed by atoms with Crippen LogP contribution in [-0.4, -0.2) is 5.97 Å². The fourth-order valence-electron chi connectivity index (χ4n) is 0.642. The van der Waals surface area contributed by atoms with E-state index in [2.05, 4.69) is 11.6 Å². The molecule has 0 atom stereocenters. The van der Waals surface area contributed by atoms with E-state index in [0.717, 1.165) is 12.5 Å². The highest BCUT2D eigenvalue weighted by Crippen LogP contribution is 1.95. The Bertz CT molecular complexity index is 273. The summed E-state index contributed by atoms with van der Waals surface area (Å²) in [6, 6.07) is 4.05. The molecule has 0 spiro atoms. The molecule has 1 aromatic rings. The van der Waals surface area contributed by atoms with Gasteiger partial charge in [0.05, 0.1) is 0 Å². The second kappa shape index (κ2) is 5.94. The van der Waals surface area contributed by atoms with Gasteiger partial charge < -0.3 is 9.90 Å². The van der Waals surface area contributed by atoms with E-state index in [1.807, 2.05) is 31.3 Å². The highest BCUT2D eigenvalue weighted by atomic mass is 16.4. The lowest BCUT2D eigenvalue weighted by Gasteiger charge is -1.84. The van der Waals surface area contributed by atoms with Crippen molar-refractivity contribution in [1.29, 1.82) is 0 Å². The van der Waals surface area contributed by atoms with Gasteiger partial charge in [-0.3, -0.25) is 0 Å². The van der Waals surface area contributed by atoms with Gasteiger partial charge in [0.15, 0.2) is 11.9 Å². The van der Waals surface area contributed by atoms with Gasteiger partial charge in [0.25, 0.3) is 0 Å². The number of aromatic amines is 1. The maximum Gasteiger partial charge on any atom is 0.176 e. The number of carbonyl (C=O) groups excluding carboxylic acids is 1. The third-order valence-electron chi connectivity index (χ3n) is 1.23. The number of aryl methyl sites for hydroxylation is 1. The SMILES string of the molecule is C=Cc1ccc(C)[nH+]c1.CC(=O)[O-]. The van der Waals surface area contributed by atoms with Gasteiger partial charge in [-0.1, -0.05) is 12.7 Å². The molecule has 1 rings (SSSR count). The highest BCUT2D eigenvalue weighted by Gasteiger charge is 1.90. The summed E-state index contributed by atoms with van der Waals surface area (Å²) in [6.07, 6.45) is 3.75. The van der Waals surface area contributed by atoms with Crippen LogP contribution < -0.4 is 10.1 Å². The molecule has 0 amide bonds. The Morgan fingerprint density at radius 2 is 2.15 bits per heavy atom. The molecule has 0 aliphatic carbocycles. The zero-order valence-corrected chi connectivity index (χ0v) is 7.83. The molecular weight excluding hydrogens is 166 g/mol. The quantitative estimate of drug-likeness (QED) is 0.618. The lowest BCUT2D eigenvalue weighted by atomic mass is 10.2. The second-order valence-corrected chi connectivity index (χ2v) is 2.50. The van der Waals surface area contributed by atoms with E-state index in [0.29, 0.717) is 0 Å². The Morgan fingerprint density at radius 3 is 2.46 bits per heavy atom. The van der Waals surface area contributed by atoms with Crippen molar-refractivity contribution in [3.8, 4) is 0 Å². The Morgan fingerprint density at radius 1 is 1.62 bits per heavy atom. The topological polar surface area (TPSA) is 54.3 Å². The standard InChI is InChI=1S/C8H9N.C2H4O2/c1-3-8-5-4-7(2)9-6-8;1-2(3)4/h3-6H,1H2,2H3;1H3,(H,3,4). The van der Waals surface area contributed by atoms with Crippen molar-refractivity contribution in [3.05, 3.63) is 36.2 Å². The van der Waals surface area contributed by atoms with Crippen LogP contribution in [0.2, 0.25) is 0 Å². The fraction of sp³-hybridized carbons (Fsp3) is 0.200. The summed E-state index contributed by atoms with van der Waals surface area (Å²) >= 11 is 0. The van der Waals surface area contributed by atoms with Crippen LogP contribution in [0.1, 0.15) is 18.2 Å². The van der Waals surface area contributed by atoms with Crippen molar-refractivity contribution in [2.75, 3.05) is 0 Å². The van der Waals surface area contributed by atoms with Crippen molar-refractivity contribution < 1.29 is 14.9 Å². The Hall–Kier alpha value is -1.64. The van der Waals surface area contributed by atoms with E-state index in [4.69, 9.17) is 9.90 Å². The molecule has 70 valence electrons. The van der Waals surface area contributed by atoms with Gasteiger partial charge in [-0.15, -0.1) is 0 Å². The number of aliphatic carboxylic acids is 1. The predicted molar refractivity (Wildman–Crippen MR) is 48.5 cm³/mol. The Labute approximate surface area is 77.7 Å². The molecule has 0 radical (unpaired) electrons. The number of aromatic nitrogens is 1. The predicted octanol–water partition coefficient (Wildman–Crippen LogP) is 0.208. The molecule has 0 aliphatic rings. The highest BCUT2D eigenvalue weighted by molar-refractivity contribution is 5.60. The summed E-state index contributed by atoms with van der Waals surface area (Å²) < 4.78 is 0. The number of hydrogen-bond donors (Lipinski definition) is 0. The van der Waals surface area contributed by atoms with Gasteiger partial charge in [0, 0.05) is 24.5 Å². The van der Waals surface area contributed by atoms with E-state index < -0.39 is 5.97 Å². The summed E-state index contributed by atoms with van der Waals surface area (Å²) in [7, 11) is 0. The van der Waals surface area contributed by atoms with Crippen molar-refractivity contribution in [1.82, 2.24) is 0 Å². The molecule has 0 saturated heterocycles. The normalized spacial score (nSPS) is 8.15. The molecule has 13 heavy (non-hydrogen) atoms. The summed E-state index contributed by atoms with van der Waals surface area (Å²) in [5.74, 6) is -1.08. The van der Waals surface area contributed by atoms with Crippen LogP contribution in [0, 0.1) is 6.92 Å². The van der Waals surface area contributed by atoms with E-state index in [-0.39, 0.29) is 0 Å². The van der Waals surface area contributed by atoms with E-state index in [9.17, 15) is 0 Å². The molecule has 1 N–H and O–H groups in total. The Kier molecular flexibility index (Phi) is 5.19. The molecule has 3 nitrogen and oxygen atoms in total. The lowest BCUT2D eigenvalue weighted by Crippen LogP contribution is -2.16. The minimum absolute atomic E-state index is 0.972. The molecule has 0 fully saturated rings. The number of rotatable bonds is 1. The summed E-state index contributed by atoms with van der Waals surface area (Å²) in [6.45, 7) is 6.63. The first-order chi connectivity index (χ1) is 6.06. The number of carbonyl (C=O) groups is 1. The molecule has 0 aromatic carbocycles. The largest absolute Gasteiger partial charge is 0.550 e. The zero-order chi connectivity index (χ0) is 10.3. The van der Waals surface area contributed by atoms with Gasteiger partial charge >= 0.3 is 0 Å². The van der Waals surface area contributed by atoms with Gasteiger partial charge in [-0.05, 0) is 13.0 Å². The van der Waals surface area contributed by atoms with Crippen LogP contribution >= 0.6 is 0 Å². The first-order valence-electron chi connectivity index (χ1n) is 3.84. The van der Waals surface area contributed by atoms with Crippen molar-refractivity contribution in [3.63, 3.8) is 0 Å². The zero-order valence-electron chi connectivity index (χ0n) is 7.83. The molecule has 0 unspecified atom stereocenters. The number of H-pyrrole nitrogens is 1. The Balaban J connectivity index is 0.000000310. The average Bonchev–Trinajstić information content (AvgIpc) is 2.05. The van der Waals surface area contributed by atoms with E-state index in [1.165, 1.54) is 5.69 Å². The summed E-state index contributed by atoms with van der Waals surface area (Å²) in [5, 5.41) is 8.89. The van der Waals surface area contributed by atoms with Crippen molar-refractivity contribution in [2.45, 2.75) is 13.8 Å². The van der Waals surface area contributed by atoms with Crippen LogP contribution in [0.3, 0.4) is 0 Å². The first-order valence-corrected chi connectivity index (χ1v) is 3.84. The summed E-state index contributed by atoms with van der Waals surface area (Å²) in [5.41, 5.74) is 2.29.